The summed E-state index contributed by atoms with van der Waals surface area (Å²) in [5.74, 6) is 0.278. The van der Waals surface area contributed by atoms with Gasteiger partial charge in [-0.3, -0.25) is 4.79 Å². The number of unbranched alkanes of at least 4 members (excludes halogenated alkanes) is 1. The van der Waals surface area contributed by atoms with Crippen LogP contribution in [-0.2, 0) is 11.2 Å². The third-order valence-electron chi connectivity index (χ3n) is 3.19. The molecule has 92 valence electrons. The van der Waals surface area contributed by atoms with Crippen LogP contribution in [-0.4, -0.2) is 19.0 Å². The number of amides is 1. The van der Waals surface area contributed by atoms with Gasteiger partial charge in [-0.2, -0.15) is 0 Å². The van der Waals surface area contributed by atoms with Gasteiger partial charge in [0.2, 0.25) is 5.91 Å². The van der Waals surface area contributed by atoms with Gasteiger partial charge in [-0.1, -0.05) is 25.5 Å². The summed E-state index contributed by atoms with van der Waals surface area (Å²) in [6.45, 7) is 3.81. The fraction of sp³-hybridized carbons (Fsp3) is 0.500. The molecule has 1 fully saturated rings. The number of hydrogen-bond acceptors (Lipinski definition) is 2. The number of hydrogen-bond donors (Lipinski definition) is 2. The highest BCUT2D eigenvalue weighted by Gasteiger charge is 2.24. The van der Waals surface area contributed by atoms with Gasteiger partial charge in [0.15, 0.2) is 0 Å². The van der Waals surface area contributed by atoms with Crippen molar-refractivity contribution in [3.63, 3.8) is 0 Å². The maximum Gasteiger partial charge on any atom is 0.230 e. The standard InChI is InChI=1S/C14H20N2O/c1-2-3-4-11-5-7-13(8-6-11)16-14(17)12-9-15-10-12/h5-8,12,15H,2-4,9-10H2,1H3,(H,16,17). The van der Waals surface area contributed by atoms with Crippen molar-refractivity contribution >= 4 is 11.6 Å². The van der Waals surface area contributed by atoms with Crippen molar-refractivity contribution in [1.29, 1.82) is 0 Å². The van der Waals surface area contributed by atoms with E-state index < -0.39 is 0 Å². The van der Waals surface area contributed by atoms with Crippen LogP contribution in [0.2, 0.25) is 0 Å². The van der Waals surface area contributed by atoms with Gasteiger partial charge >= 0.3 is 0 Å². The summed E-state index contributed by atoms with van der Waals surface area (Å²) >= 11 is 0. The topological polar surface area (TPSA) is 41.1 Å². The van der Waals surface area contributed by atoms with E-state index in [4.69, 9.17) is 0 Å². The summed E-state index contributed by atoms with van der Waals surface area (Å²) in [4.78, 5) is 11.7. The van der Waals surface area contributed by atoms with Gasteiger partial charge < -0.3 is 10.6 Å². The predicted molar refractivity (Wildman–Crippen MR) is 70.0 cm³/mol. The van der Waals surface area contributed by atoms with E-state index >= 15 is 0 Å². The Labute approximate surface area is 103 Å². The lowest BCUT2D eigenvalue weighted by molar-refractivity contribution is -0.121. The van der Waals surface area contributed by atoms with Gasteiger partial charge in [-0.25, -0.2) is 0 Å². The Bertz CT molecular complexity index is 368. The molecule has 2 N–H and O–H groups in total. The van der Waals surface area contributed by atoms with Gasteiger partial charge in [-0.05, 0) is 30.5 Å². The highest BCUT2D eigenvalue weighted by atomic mass is 16.2. The average molecular weight is 232 g/mol. The molecule has 1 amide bonds. The molecule has 2 rings (SSSR count). The molecule has 1 aliphatic heterocycles. The summed E-state index contributed by atoms with van der Waals surface area (Å²) in [6, 6.07) is 8.19. The van der Waals surface area contributed by atoms with Gasteiger partial charge in [0.05, 0.1) is 5.92 Å². The zero-order valence-electron chi connectivity index (χ0n) is 10.3. The molecule has 1 saturated heterocycles. The second-order valence-electron chi connectivity index (χ2n) is 4.64. The van der Waals surface area contributed by atoms with E-state index in [0.29, 0.717) is 0 Å². The van der Waals surface area contributed by atoms with Gasteiger partial charge in [0, 0.05) is 18.8 Å². The first-order valence-electron chi connectivity index (χ1n) is 6.40. The maximum atomic E-state index is 11.7. The average Bonchev–Trinajstić information content (AvgIpc) is 2.26. The van der Waals surface area contributed by atoms with Gasteiger partial charge in [-0.15, -0.1) is 0 Å². The molecule has 0 bridgehead atoms. The van der Waals surface area contributed by atoms with Crippen molar-refractivity contribution < 1.29 is 4.79 Å². The fourth-order valence-electron chi connectivity index (χ4n) is 1.85. The lowest BCUT2D eigenvalue weighted by atomic mass is 10.0. The van der Waals surface area contributed by atoms with Crippen molar-refractivity contribution in [2.75, 3.05) is 18.4 Å². The van der Waals surface area contributed by atoms with Crippen LogP contribution in [0.4, 0.5) is 5.69 Å². The minimum Gasteiger partial charge on any atom is -0.326 e. The highest BCUT2D eigenvalue weighted by Crippen LogP contribution is 2.14. The Kier molecular flexibility index (Phi) is 4.15. The smallest absolute Gasteiger partial charge is 0.230 e. The van der Waals surface area contributed by atoms with Crippen LogP contribution >= 0.6 is 0 Å². The summed E-state index contributed by atoms with van der Waals surface area (Å²) in [6.07, 6.45) is 3.56. The number of carbonyl (C=O) groups excluding carboxylic acids is 1. The molecule has 0 spiro atoms. The van der Waals surface area contributed by atoms with E-state index in [0.717, 1.165) is 25.2 Å². The van der Waals surface area contributed by atoms with Crippen LogP contribution in [0.3, 0.4) is 0 Å². The molecule has 1 aromatic carbocycles. The van der Waals surface area contributed by atoms with Crippen LogP contribution in [0.5, 0.6) is 0 Å². The van der Waals surface area contributed by atoms with Crippen LogP contribution in [0, 0.1) is 5.92 Å². The number of nitrogens with one attached hydrogen (secondary N) is 2. The summed E-state index contributed by atoms with van der Waals surface area (Å²) < 4.78 is 0. The lowest BCUT2D eigenvalue weighted by Gasteiger charge is -2.25. The monoisotopic (exact) mass is 232 g/mol. The highest BCUT2D eigenvalue weighted by molar-refractivity contribution is 5.93. The lowest BCUT2D eigenvalue weighted by Crippen LogP contribution is -2.48. The first kappa shape index (κ1) is 12.1. The van der Waals surface area contributed by atoms with Crippen molar-refractivity contribution in [3.8, 4) is 0 Å². The second-order valence-corrected chi connectivity index (χ2v) is 4.64. The number of aryl methyl sites for hydroxylation is 1. The maximum absolute atomic E-state index is 11.7. The van der Waals surface area contributed by atoms with E-state index in [-0.39, 0.29) is 11.8 Å². The number of carbonyl (C=O) groups is 1. The molecule has 0 unspecified atom stereocenters. The SMILES string of the molecule is CCCCc1ccc(NC(=O)C2CNC2)cc1. The molecule has 3 heteroatoms. The zero-order valence-corrected chi connectivity index (χ0v) is 10.3. The molecule has 0 aromatic heterocycles. The van der Waals surface area contributed by atoms with Gasteiger partial charge in [0.25, 0.3) is 0 Å². The number of anilines is 1. The summed E-state index contributed by atoms with van der Waals surface area (Å²) in [5.41, 5.74) is 2.25. The predicted octanol–water partition coefficient (Wildman–Crippen LogP) is 2.19. The number of benzene rings is 1. The van der Waals surface area contributed by atoms with E-state index in [1.807, 2.05) is 12.1 Å². The largest absolute Gasteiger partial charge is 0.326 e. The van der Waals surface area contributed by atoms with Crippen LogP contribution in [0.1, 0.15) is 25.3 Å². The van der Waals surface area contributed by atoms with E-state index in [9.17, 15) is 4.79 Å². The molecule has 0 atom stereocenters. The minimum absolute atomic E-state index is 0.130. The normalized spacial score (nSPS) is 15.4. The summed E-state index contributed by atoms with van der Waals surface area (Å²) in [5, 5.41) is 6.05. The summed E-state index contributed by atoms with van der Waals surface area (Å²) in [7, 11) is 0. The zero-order chi connectivity index (χ0) is 12.1. The third-order valence-corrected chi connectivity index (χ3v) is 3.19. The van der Waals surface area contributed by atoms with E-state index in [1.165, 1.54) is 18.4 Å². The minimum atomic E-state index is 0.130. The first-order chi connectivity index (χ1) is 8.29. The van der Waals surface area contributed by atoms with Crippen molar-refractivity contribution in [1.82, 2.24) is 5.32 Å². The van der Waals surface area contributed by atoms with E-state index in [1.54, 1.807) is 0 Å². The number of rotatable bonds is 5. The Morgan fingerprint density at radius 3 is 2.59 bits per heavy atom. The molecule has 1 aromatic rings. The molecule has 17 heavy (non-hydrogen) atoms. The van der Waals surface area contributed by atoms with Gasteiger partial charge in [0.1, 0.15) is 0 Å². The molecule has 0 aliphatic carbocycles. The first-order valence-corrected chi connectivity index (χ1v) is 6.40. The third kappa shape index (κ3) is 3.30. The Balaban J connectivity index is 1.86. The van der Waals surface area contributed by atoms with Crippen molar-refractivity contribution in [2.24, 2.45) is 5.92 Å². The Morgan fingerprint density at radius 1 is 1.35 bits per heavy atom. The molecular formula is C14H20N2O. The fourth-order valence-corrected chi connectivity index (χ4v) is 1.85. The van der Waals surface area contributed by atoms with Crippen LogP contribution < -0.4 is 10.6 Å². The molecule has 1 aliphatic rings. The molecule has 0 radical (unpaired) electrons. The molecule has 0 saturated carbocycles. The van der Waals surface area contributed by atoms with Crippen LogP contribution in [0.15, 0.2) is 24.3 Å². The molecular weight excluding hydrogens is 212 g/mol. The van der Waals surface area contributed by atoms with Crippen molar-refractivity contribution in [2.45, 2.75) is 26.2 Å². The van der Waals surface area contributed by atoms with Crippen LogP contribution in [0.25, 0.3) is 0 Å². The Morgan fingerprint density at radius 2 is 2.06 bits per heavy atom. The molecule has 1 heterocycles. The quantitative estimate of drug-likeness (QED) is 0.817. The second kappa shape index (κ2) is 5.82. The molecule has 3 nitrogen and oxygen atoms in total. The van der Waals surface area contributed by atoms with E-state index in [2.05, 4.69) is 29.7 Å². The van der Waals surface area contributed by atoms with Crippen molar-refractivity contribution in [3.05, 3.63) is 29.8 Å². The Hall–Kier alpha value is -1.35.